The van der Waals surface area contributed by atoms with E-state index in [1.54, 1.807) is 0 Å². The van der Waals surface area contributed by atoms with Crippen molar-refractivity contribution in [2.75, 3.05) is 0 Å². The molecule has 1 fully saturated rings. The normalized spacial score (nSPS) is 35.2. The highest BCUT2D eigenvalue weighted by molar-refractivity contribution is 4.80. The van der Waals surface area contributed by atoms with E-state index in [1.807, 2.05) is 20.8 Å². The average molecular weight is 172 g/mol. The monoisotopic (exact) mass is 172 g/mol. The first-order valence-corrected chi connectivity index (χ1v) is 5.36. The van der Waals surface area contributed by atoms with Crippen LogP contribution >= 0.6 is 0 Å². The van der Waals surface area contributed by atoms with Crippen LogP contribution < -0.4 is 0 Å². The predicted molar refractivity (Wildman–Crippen MR) is 54.2 cm³/mol. The van der Waals surface area contributed by atoms with Gasteiger partial charge in [-0.05, 0) is 38.5 Å². The Morgan fingerprint density at radius 2 is 1.67 bits per heavy atom. The molecule has 1 N–H and O–H groups in total. The lowest BCUT2D eigenvalue weighted by atomic mass is 9.79. The van der Waals surface area contributed by atoms with Crippen molar-refractivity contribution in [3.63, 3.8) is 0 Å². The van der Waals surface area contributed by atoms with Crippen molar-refractivity contribution in [2.24, 2.45) is 5.92 Å². The topological polar surface area (TPSA) is 20.2 Å². The van der Waals surface area contributed by atoms with Gasteiger partial charge in [0.25, 0.3) is 0 Å². The average Bonchev–Trinajstić information content (AvgIpc) is 2.08. The van der Waals surface area contributed by atoms with Gasteiger partial charge in [0.15, 0.2) is 0 Å². The Kier molecular flexibility index (Phi) is 5.56. The summed E-state index contributed by atoms with van der Waals surface area (Å²) in [5, 5.41) is 9.59. The number of rotatable bonds is 1. The van der Waals surface area contributed by atoms with Crippen molar-refractivity contribution in [2.45, 2.75) is 65.4 Å². The van der Waals surface area contributed by atoms with E-state index in [2.05, 4.69) is 6.92 Å². The maximum absolute atomic E-state index is 9.59. The van der Waals surface area contributed by atoms with Crippen LogP contribution in [0.15, 0.2) is 0 Å². The summed E-state index contributed by atoms with van der Waals surface area (Å²) in [6.07, 6.45) is 5.75. The minimum absolute atomic E-state index is 0.342. The molecule has 1 saturated carbocycles. The Morgan fingerprint density at radius 1 is 1.25 bits per heavy atom. The number of hydrogen-bond donors (Lipinski definition) is 1. The van der Waals surface area contributed by atoms with Crippen LogP contribution in [0, 0.1) is 5.92 Å². The van der Waals surface area contributed by atoms with Gasteiger partial charge in [-0.2, -0.15) is 0 Å². The van der Waals surface area contributed by atoms with Gasteiger partial charge in [-0.1, -0.05) is 27.2 Å². The molecule has 0 aromatic rings. The second-order valence-corrected chi connectivity index (χ2v) is 3.85. The summed E-state index contributed by atoms with van der Waals surface area (Å²) in [4.78, 5) is 0. The predicted octanol–water partition coefficient (Wildman–Crippen LogP) is 3.36. The maximum atomic E-state index is 9.59. The lowest BCUT2D eigenvalue weighted by Crippen LogP contribution is -2.30. The highest BCUT2D eigenvalue weighted by atomic mass is 16.3. The molecule has 1 aliphatic carbocycles. The van der Waals surface area contributed by atoms with Crippen molar-refractivity contribution in [3.05, 3.63) is 0 Å². The van der Waals surface area contributed by atoms with Gasteiger partial charge < -0.3 is 5.11 Å². The van der Waals surface area contributed by atoms with Gasteiger partial charge >= 0.3 is 0 Å². The Bertz CT molecular complexity index is 97.6. The van der Waals surface area contributed by atoms with Crippen LogP contribution in [0.5, 0.6) is 0 Å². The minimum Gasteiger partial charge on any atom is -0.390 e. The van der Waals surface area contributed by atoms with E-state index in [0.717, 1.165) is 18.8 Å². The van der Waals surface area contributed by atoms with E-state index in [-0.39, 0.29) is 5.60 Å². The molecule has 0 unspecified atom stereocenters. The van der Waals surface area contributed by atoms with Gasteiger partial charge in [-0.15, -0.1) is 0 Å². The first-order chi connectivity index (χ1) is 5.64. The van der Waals surface area contributed by atoms with E-state index in [4.69, 9.17) is 0 Å². The van der Waals surface area contributed by atoms with Crippen molar-refractivity contribution in [3.8, 4) is 0 Å². The van der Waals surface area contributed by atoms with Gasteiger partial charge in [-0.25, -0.2) is 0 Å². The zero-order chi connectivity index (χ0) is 9.61. The van der Waals surface area contributed by atoms with Crippen LogP contribution in [-0.2, 0) is 0 Å². The van der Waals surface area contributed by atoms with Gasteiger partial charge in [0.2, 0.25) is 0 Å². The highest BCUT2D eigenvalue weighted by Crippen LogP contribution is 2.32. The van der Waals surface area contributed by atoms with Gasteiger partial charge in [-0.3, -0.25) is 0 Å². The van der Waals surface area contributed by atoms with Crippen molar-refractivity contribution in [1.29, 1.82) is 0 Å². The fraction of sp³-hybridized carbons (Fsp3) is 1.00. The molecule has 74 valence electrons. The smallest absolute Gasteiger partial charge is 0.0620 e. The highest BCUT2D eigenvalue weighted by Gasteiger charge is 2.27. The molecule has 1 aliphatic rings. The molecule has 1 heteroatoms. The first-order valence-electron chi connectivity index (χ1n) is 5.36. The third-order valence-electron chi connectivity index (χ3n) is 2.76. The zero-order valence-corrected chi connectivity index (χ0v) is 9.06. The second kappa shape index (κ2) is 5.58. The summed E-state index contributed by atoms with van der Waals surface area (Å²) in [6, 6.07) is 0. The molecule has 0 amide bonds. The van der Waals surface area contributed by atoms with Gasteiger partial charge in [0.1, 0.15) is 0 Å². The molecule has 1 rings (SSSR count). The molecule has 1 nitrogen and oxygen atoms in total. The molecule has 12 heavy (non-hydrogen) atoms. The van der Waals surface area contributed by atoms with E-state index in [9.17, 15) is 5.11 Å². The van der Waals surface area contributed by atoms with Crippen LogP contribution in [0.3, 0.4) is 0 Å². The summed E-state index contributed by atoms with van der Waals surface area (Å²) < 4.78 is 0. The first kappa shape index (κ1) is 12.0. The number of aliphatic hydroxyl groups is 1. The van der Waals surface area contributed by atoms with Crippen molar-refractivity contribution < 1.29 is 5.11 Å². The molecule has 0 radical (unpaired) electrons. The Balaban J connectivity index is 0.000000561. The van der Waals surface area contributed by atoms with Crippen LogP contribution in [0.4, 0.5) is 0 Å². The molecule has 0 aliphatic heterocycles. The quantitative estimate of drug-likeness (QED) is 0.643. The maximum Gasteiger partial charge on any atom is 0.0620 e. The fourth-order valence-corrected chi connectivity index (χ4v) is 1.71. The standard InChI is InChI=1S/C9H18O.C2H6/c1-3-8-4-6-9(2,10)7-5-8;1-2/h8,10H,3-7H2,1-2H3;1-2H3. The molecular formula is C11H24O. The molecule has 0 spiro atoms. The van der Waals surface area contributed by atoms with Crippen molar-refractivity contribution >= 4 is 0 Å². The van der Waals surface area contributed by atoms with Gasteiger partial charge in [0, 0.05) is 0 Å². The molecule has 0 atom stereocenters. The summed E-state index contributed by atoms with van der Waals surface area (Å²) in [5.41, 5.74) is -0.342. The summed E-state index contributed by atoms with van der Waals surface area (Å²) in [7, 11) is 0. The molecule has 0 aromatic heterocycles. The van der Waals surface area contributed by atoms with E-state index < -0.39 is 0 Å². The Labute approximate surface area is 77.2 Å². The lowest BCUT2D eigenvalue weighted by molar-refractivity contribution is 0.00763. The summed E-state index contributed by atoms with van der Waals surface area (Å²) in [6.45, 7) is 8.20. The van der Waals surface area contributed by atoms with Crippen LogP contribution in [-0.4, -0.2) is 10.7 Å². The van der Waals surface area contributed by atoms with E-state index in [0.29, 0.717) is 0 Å². The molecular weight excluding hydrogens is 148 g/mol. The van der Waals surface area contributed by atoms with Crippen LogP contribution in [0.1, 0.15) is 59.8 Å². The number of hydrogen-bond acceptors (Lipinski definition) is 1. The zero-order valence-electron chi connectivity index (χ0n) is 9.06. The Hall–Kier alpha value is -0.0400. The SMILES string of the molecule is CC.CCC1CCC(C)(O)CC1. The lowest BCUT2D eigenvalue weighted by Gasteiger charge is -2.32. The molecule has 0 bridgehead atoms. The second-order valence-electron chi connectivity index (χ2n) is 3.85. The molecule has 0 heterocycles. The summed E-state index contributed by atoms with van der Waals surface area (Å²) in [5.74, 6) is 0.889. The van der Waals surface area contributed by atoms with Crippen LogP contribution in [0.25, 0.3) is 0 Å². The van der Waals surface area contributed by atoms with Gasteiger partial charge in [0.05, 0.1) is 5.60 Å². The van der Waals surface area contributed by atoms with Crippen molar-refractivity contribution in [1.82, 2.24) is 0 Å². The largest absolute Gasteiger partial charge is 0.390 e. The minimum atomic E-state index is -0.342. The van der Waals surface area contributed by atoms with Crippen LogP contribution in [0.2, 0.25) is 0 Å². The van der Waals surface area contributed by atoms with E-state index in [1.165, 1.54) is 19.3 Å². The molecule has 0 aromatic carbocycles. The third-order valence-corrected chi connectivity index (χ3v) is 2.76. The third kappa shape index (κ3) is 4.10. The fourth-order valence-electron chi connectivity index (χ4n) is 1.71. The Morgan fingerprint density at radius 3 is 2.00 bits per heavy atom. The van der Waals surface area contributed by atoms with E-state index >= 15 is 0 Å². The summed E-state index contributed by atoms with van der Waals surface area (Å²) >= 11 is 0. The molecule has 0 saturated heterocycles.